The van der Waals surface area contributed by atoms with Crippen molar-refractivity contribution in [3.05, 3.63) is 76.7 Å². The molecule has 5 nitrogen and oxygen atoms in total. The molecule has 2 heterocycles. The van der Waals surface area contributed by atoms with Gasteiger partial charge in [-0.1, -0.05) is 28.1 Å². The molecule has 0 unspecified atom stereocenters. The Morgan fingerprint density at radius 1 is 1.15 bits per heavy atom. The lowest BCUT2D eigenvalue weighted by Gasteiger charge is -2.05. The Morgan fingerprint density at radius 3 is 2.74 bits per heavy atom. The molecule has 7 heteroatoms. The predicted octanol–water partition coefficient (Wildman–Crippen LogP) is 5.41. The molecule has 4 aromatic rings. The van der Waals surface area contributed by atoms with E-state index in [-0.39, 0.29) is 12.3 Å². The van der Waals surface area contributed by atoms with Crippen LogP contribution < -0.4 is 5.32 Å². The number of halogens is 1. The number of carbonyl (C=O) groups is 1. The maximum Gasteiger partial charge on any atom is 0.230 e. The highest BCUT2D eigenvalue weighted by Crippen LogP contribution is 2.26. The van der Waals surface area contributed by atoms with Gasteiger partial charge in [0.05, 0.1) is 18.3 Å². The van der Waals surface area contributed by atoms with Gasteiger partial charge in [0, 0.05) is 26.7 Å². The van der Waals surface area contributed by atoms with E-state index in [0.717, 1.165) is 32.0 Å². The lowest BCUT2D eigenvalue weighted by atomic mass is 10.1. The van der Waals surface area contributed by atoms with E-state index in [1.807, 2.05) is 53.9 Å². The van der Waals surface area contributed by atoms with Gasteiger partial charge in [0.25, 0.3) is 0 Å². The van der Waals surface area contributed by atoms with E-state index in [0.29, 0.717) is 5.76 Å². The van der Waals surface area contributed by atoms with Crippen LogP contribution in [0.4, 0.5) is 5.69 Å². The van der Waals surface area contributed by atoms with Gasteiger partial charge in [-0.15, -0.1) is 11.3 Å². The molecule has 0 spiro atoms. The topological polar surface area (TPSA) is 68.0 Å². The summed E-state index contributed by atoms with van der Waals surface area (Å²) < 4.78 is 6.26. The molecule has 0 aliphatic rings. The first kappa shape index (κ1) is 17.6. The minimum absolute atomic E-state index is 0.103. The summed E-state index contributed by atoms with van der Waals surface area (Å²) in [4.78, 5) is 20.8. The third-order valence-electron chi connectivity index (χ3n) is 3.85. The Kier molecular flexibility index (Phi) is 5.13. The third-order valence-corrected chi connectivity index (χ3v) is 5.28. The minimum Gasteiger partial charge on any atom is -0.444 e. The van der Waals surface area contributed by atoms with Gasteiger partial charge in [-0.05, 0) is 36.4 Å². The number of amides is 1. The van der Waals surface area contributed by atoms with Gasteiger partial charge in [0.1, 0.15) is 5.01 Å². The molecule has 0 bridgehead atoms. The Bertz CT molecular complexity index is 1060. The van der Waals surface area contributed by atoms with Crippen LogP contribution in [0.15, 0.2) is 75.4 Å². The van der Waals surface area contributed by atoms with E-state index in [2.05, 4.69) is 31.2 Å². The Hall–Kier alpha value is -2.77. The van der Waals surface area contributed by atoms with E-state index < -0.39 is 0 Å². The van der Waals surface area contributed by atoms with Crippen molar-refractivity contribution in [3.8, 4) is 21.9 Å². The highest BCUT2D eigenvalue weighted by atomic mass is 79.9. The zero-order valence-electron chi connectivity index (χ0n) is 14.1. The van der Waals surface area contributed by atoms with Crippen molar-refractivity contribution in [2.75, 3.05) is 5.32 Å². The van der Waals surface area contributed by atoms with E-state index in [9.17, 15) is 4.79 Å². The van der Waals surface area contributed by atoms with Crippen LogP contribution in [0.1, 0.15) is 5.69 Å². The molecule has 1 N–H and O–H groups in total. The minimum atomic E-state index is -0.103. The second-order valence-electron chi connectivity index (χ2n) is 5.82. The summed E-state index contributed by atoms with van der Waals surface area (Å²) >= 11 is 5.00. The fourth-order valence-electron chi connectivity index (χ4n) is 2.59. The molecule has 0 fully saturated rings. The van der Waals surface area contributed by atoms with Crippen molar-refractivity contribution in [1.29, 1.82) is 0 Å². The molecule has 134 valence electrons. The van der Waals surface area contributed by atoms with Crippen molar-refractivity contribution < 1.29 is 9.21 Å². The molecule has 2 aromatic carbocycles. The average molecular weight is 440 g/mol. The van der Waals surface area contributed by atoms with Crippen molar-refractivity contribution in [2.45, 2.75) is 6.42 Å². The molecule has 1 amide bonds. The lowest BCUT2D eigenvalue weighted by molar-refractivity contribution is -0.115. The first-order chi connectivity index (χ1) is 13.2. The summed E-state index contributed by atoms with van der Waals surface area (Å²) in [5.41, 5.74) is 3.42. The zero-order valence-corrected chi connectivity index (χ0v) is 16.5. The van der Waals surface area contributed by atoms with Crippen LogP contribution in [0, 0.1) is 0 Å². The molecule has 0 radical (unpaired) electrons. The highest BCUT2D eigenvalue weighted by Gasteiger charge is 2.10. The number of thiazole rings is 1. The number of hydrogen-bond acceptors (Lipinski definition) is 5. The fraction of sp³-hybridized carbons (Fsp3) is 0.0500. The average Bonchev–Trinajstić information content (AvgIpc) is 3.34. The van der Waals surface area contributed by atoms with E-state index >= 15 is 0 Å². The first-order valence-electron chi connectivity index (χ1n) is 8.16. The fourth-order valence-corrected chi connectivity index (χ4v) is 3.80. The zero-order chi connectivity index (χ0) is 18.6. The molecule has 0 saturated carbocycles. The van der Waals surface area contributed by atoms with Gasteiger partial charge in [0.2, 0.25) is 5.91 Å². The maximum atomic E-state index is 12.3. The van der Waals surface area contributed by atoms with Gasteiger partial charge in [-0.3, -0.25) is 4.79 Å². The standard InChI is InChI=1S/C20H14BrN3O2S/c21-15-3-1-2-14(8-15)20-24-17(11-27-20)9-19(25)23-16-6-4-13(5-7-16)18-10-22-12-26-18/h1-8,10-12H,9H2,(H,23,25). The van der Waals surface area contributed by atoms with E-state index in [1.165, 1.54) is 17.7 Å². The Labute approximate surface area is 168 Å². The molecule has 4 rings (SSSR count). The van der Waals surface area contributed by atoms with Crippen LogP contribution in [-0.2, 0) is 11.2 Å². The van der Waals surface area contributed by atoms with Gasteiger partial charge in [-0.2, -0.15) is 0 Å². The molecular weight excluding hydrogens is 426 g/mol. The molecule has 0 aliphatic heterocycles. The van der Waals surface area contributed by atoms with Crippen LogP contribution in [0.3, 0.4) is 0 Å². The van der Waals surface area contributed by atoms with Gasteiger partial charge in [0.15, 0.2) is 12.2 Å². The van der Waals surface area contributed by atoms with Crippen LogP contribution in [0.2, 0.25) is 0 Å². The quantitative estimate of drug-likeness (QED) is 0.451. The number of nitrogens with one attached hydrogen (secondary N) is 1. The van der Waals surface area contributed by atoms with Crippen molar-refractivity contribution in [1.82, 2.24) is 9.97 Å². The van der Waals surface area contributed by atoms with Crippen molar-refractivity contribution in [3.63, 3.8) is 0 Å². The van der Waals surface area contributed by atoms with Crippen LogP contribution in [-0.4, -0.2) is 15.9 Å². The smallest absolute Gasteiger partial charge is 0.230 e. The number of anilines is 1. The molecule has 27 heavy (non-hydrogen) atoms. The first-order valence-corrected chi connectivity index (χ1v) is 9.84. The normalized spacial score (nSPS) is 10.7. The number of nitrogens with zero attached hydrogens (tertiary/aromatic N) is 2. The number of benzene rings is 2. The molecule has 0 saturated heterocycles. The van der Waals surface area contributed by atoms with Crippen molar-refractivity contribution in [2.24, 2.45) is 0 Å². The van der Waals surface area contributed by atoms with Crippen LogP contribution >= 0.6 is 27.3 Å². The number of aromatic nitrogens is 2. The Balaban J connectivity index is 1.40. The number of oxazole rings is 1. The lowest BCUT2D eigenvalue weighted by Crippen LogP contribution is -2.14. The summed E-state index contributed by atoms with van der Waals surface area (Å²) in [6.07, 6.45) is 3.27. The van der Waals surface area contributed by atoms with Crippen LogP contribution in [0.5, 0.6) is 0 Å². The summed E-state index contributed by atoms with van der Waals surface area (Å²) in [6.45, 7) is 0. The molecule has 2 aromatic heterocycles. The third kappa shape index (κ3) is 4.32. The monoisotopic (exact) mass is 439 g/mol. The highest BCUT2D eigenvalue weighted by molar-refractivity contribution is 9.10. The number of hydrogen-bond donors (Lipinski definition) is 1. The number of carbonyl (C=O) groups excluding carboxylic acids is 1. The molecule has 0 aliphatic carbocycles. The maximum absolute atomic E-state index is 12.3. The van der Waals surface area contributed by atoms with Crippen molar-refractivity contribution >= 4 is 38.9 Å². The summed E-state index contributed by atoms with van der Waals surface area (Å²) in [5.74, 6) is 0.587. The van der Waals surface area contributed by atoms with Gasteiger partial charge >= 0.3 is 0 Å². The summed E-state index contributed by atoms with van der Waals surface area (Å²) in [7, 11) is 0. The van der Waals surface area contributed by atoms with E-state index in [4.69, 9.17) is 4.42 Å². The number of rotatable bonds is 5. The summed E-state index contributed by atoms with van der Waals surface area (Å²) in [6, 6.07) is 15.4. The largest absolute Gasteiger partial charge is 0.444 e. The second-order valence-corrected chi connectivity index (χ2v) is 7.60. The SMILES string of the molecule is O=C(Cc1csc(-c2cccc(Br)c2)n1)Nc1ccc(-c2cnco2)cc1. The van der Waals surface area contributed by atoms with Gasteiger partial charge in [-0.25, -0.2) is 9.97 Å². The van der Waals surface area contributed by atoms with E-state index in [1.54, 1.807) is 6.20 Å². The molecule has 0 atom stereocenters. The Morgan fingerprint density at radius 2 is 2.00 bits per heavy atom. The second kappa shape index (κ2) is 7.85. The molecular formula is C20H14BrN3O2S. The van der Waals surface area contributed by atoms with Gasteiger partial charge < -0.3 is 9.73 Å². The summed E-state index contributed by atoms with van der Waals surface area (Å²) in [5, 5.41) is 5.71. The van der Waals surface area contributed by atoms with Crippen LogP contribution in [0.25, 0.3) is 21.9 Å². The predicted molar refractivity (Wildman–Crippen MR) is 110 cm³/mol.